The van der Waals surface area contributed by atoms with Crippen LogP contribution in [0.5, 0.6) is 0 Å². The molecule has 1 heterocycles. The maximum Gasteiger partial charge on any atom is 0.0947 e. The van der Waals surface area contributed by atoms with Gasteiger partial charge >= 0.3 is 0 Å². The highest BCUT2D eigenvalue weighted by Gasteiger charge is 2.16. The molecule has 0 aliphatic rings. The van der Waals surface area contributed by atoms with Crippen LogP contribution in [0.25, 0.3) is 0 Å². The highest BCUT2D eigenvalue weighted by atomic mass is 16.3. The molecule has 0 radical (unpaired) electrons. The van der Waals surface area contributed by atoms with Gasteiger partial charge in [0.2, 0.25) is 0 Å². The largest absolute Gasteiger partial charge is 0.472 e. The second-order valence-electron chi connectivity index (χ2n) is 5.62. The Kier molecular flexibility index (Phi) is 4.99. The van der Waals surface area contributed by atoms with Gasteiger partial charge in [-0.05, 0) is 30.2 Å². The molecule has 0 spiro atoms. The van der Waals surface area contributed by atoms with Gasteiger partial charge in [-0.1, -0.05) is 38.1 Å². The number of nitrogens with zero attached hydrogens (tertiary/aromatic N) is 1. The van der Waals surface area contributed by atoms with E-state index in [0.29, 0.717) is 12.5 Å². The van der Waals surface area contributed by atoms with Crippen LogP contribution in [0.2, 0.25) is 0 Å². The Bertz CT molecular complexity index is 502. The Morgan fingerprint density at radius 3 is 2.25 bits per heavy atom. The topological polar surface area (TPSA) is 42.4 Å². The van der Waals surface area contributed by atoms with Gasteiger partial charge in [0.25, 0.3) is 0 Å². The van der Waals surface area contributed by atoms with E-state index in [1.807, 2.05) is 6.07 Å². The molecule has 2 rings (SSSR count). The van der Waals surface area contributed by atoms with Crippen LogP contribution >= 0.6 is 0 Å². The summed E-state index contributed by atoms with van der Waals surface area (Å²) in [5.41, 5.74) is 9.77. The fourth-order valence-corrected chi connectivity index (χ4v) is 2.45. The van der Waals surface area contributed by atoms with E-state index in [9.17, 15) is 0 Å². The summed E-state index contributed by atoms with van der Waals surface area (Å²) in [7, 11) is 2.10. The molecule has 1 aromatic heterocycles. The average Bonchev–Trinajstić information content (AvgIpc) is 2.93. The molecule has 3 heteroatoms. The van der Waals surface area contributed by atoms with Gasteiger partial charge < -0.3 is 10.2 Å². The summed E-state index contributed by atoms with van der Waals surface area (Å²) in [6.07, 6.45) is 3.49. The average molecular weight is 272 g/mol. The fourth-order valence-electron chi connectivity index (χ4n) is 2.45. The van der Waals surface area contributed by atoms with E-state index in [1.54, 1.807) is 12.5 Å². The highest BCUT2D eigenvalue weighted by Crippen LogP contribution is 2.23. The minimum absolute atomic E-state index is 0.228. The molecule has 0 fully saturated rings. The first-order valence-electron chi connectivity index (χ1n) is 7.13. The van der Waals surface area contributed by atoms with Crippen LogP contribution in [0.1, 0.15) is 42.5 Å². The molecule has 20 heavy (non-hydrogen) atoms. The Balaban J connectivity index is 2.10. The second-order valence-corrected chi connectivity index (χ2v) is 5.62. The van der Waals surface area contributed by atoms with E-state index in [0.717, 1.165) is 6.54 Å². The van der Waals surface area contributed by atoms with Crippen molar-refractivity contribution in [3.05, 3.63) is 59.5 Å². The molecule has 0 saturated heterocycles. The summed E-state index contributed by atoms with van der Waals surface area (Å²) in [5.74, 6) is 0.559. The van der Waals surface area contributed by atoms with Crippen molar-refractivity contribution in [1.29, 1.82) is 0 Å². The van der Waals surface area contributed by atoms with Gasteiger partial charge in [0.15, 0.2) is 0 Å². The van der Waals surface area contributed by atoms with Crippen molar-refractivity contribution in [3.8, 4) is 0 Å². The first-order chi connectivity index (χ1) is 9.61. The molecular weight excluding hydrogens is 248 g/mol. The van der Waals surface area contributed by atoms with Crippen molar-refractivity contribution in [1.82, 2.24) is 4.90 Å². The molecule has 0 aliphatic heterocycles. The summed E-state index contributed by atoms with van der Waals surface area (Å²) in [6, 6.07) is 11.0. The molecular formula is C17H24N2O. The van der Waals surface area contributed by atoms with Gasteiger partial charge in [0.05, 0.1) is 12.5 Å². The zero-order valence-electron chi connectivity index (χ0n) is 12.5. The monoisotopic (exact) mass is 272 g/mol. The molecule has 1 atom stereocenters. The van der Waals surface area contributed by atoms with Crippen LogP contribution in [0.4, 0.5) is 0 Å². The van der Waals surface area contributed by atoms with E-state index >= 15 is 0 Å². The Labute approximate surface area is 121 Å². The zero-order valence-corrected chi connectivity index (χ0v) is 12.5. The normalized spacial score (nSPS) is 13.1. The molecule has 0 aliphatic carbocycles. The SMILES string of the molecule is CC(C)c1ccc(C(CN)N(C)Cc2ccoc2)cc1. The van der Waals surface area contributed by atoms with Crippen LogP contribution in [0.3, 0.4) is 0 Å². The molecule has 108 valence electrons. The summed E-state index contributed by atoms with van der Waals surface area (Å²) in [4.78, 5) is 2.26. The van der Waals surface area contributed by atoms with E-state index in [4.69, 9.17) is 10.2 Å². The van der Waals surface area contributed by atoms with E-state index < -0.39 is 0 Å². The lowest BCUT2D eigenvalue weighted by molar-refractivity contribution is 0.241. The predicted molar refractivity (Wildman–Crippen MR) is 82.5 cm³/mol. The second kappa shape index (κ2) is 6.73. The maximum atomic E-state index is 5.97. The lowest BCUT2D eigenvalue weighted by Crippen LogP contribution is -2.30. The van der Waals surface area contributed by atoms with Crippen molar-refractivity contribution in [3.63, 3.8) is 0 Å². The van der Waals surface area contributed by atoms with E-state index in [-0.39, 0.29) is 6.04 Å². The highest BCUT2D eigenvalue weighted by molar-refractivity contribution is 5.27. The smallest absolute Gasteiger partial charge is 0.0947 e. The van der Waals surface area contributed by atoms with Gasteiger partial charge in [0.1, 0.15) is 0 Å². The molecule has 1 aromatic carbocycles. The van der Waals surface area contributed by atoms with Crippen LogP contribution < -0.4 is 5.73 Å². The molecule has 3 nitrogen and oxygen atoms in total. The number of hydrogen-bond donors (Lipinski definition) is 1. The third-order valence-corrected chi connectivity index (χ3v) is 3.76. The molecule has 0 bridgehead atoms. The van der Waals surface area contributed by atoms with Crippen LogP contribution in [0, 0.1) is 0 Å². The Hall–Kier alpha value is -1.58. The first kappa shape index (κ1) is 14.8. The lowest BCUT2D eigenvalue weighted by Gasteiger charge is -2.27. The van der Waals surface area contributed by atoms with E-state index in [2.05, 4.69) is 50.1 Å². The molecule has 2 aromatic rings. The number of hydrogen-bond acceptors (Lipinski definition) is 3. The quantitative estimate of drug-likeness (QED) is 0.874. The van der Waals surface area contributed by atoms with Gasteiger partial charge in [-0.25, -0.2) is 0 Å². The van der Waals surface area contributed by atoms with Gasteiger partial charge in [0, 0.05) is 24.7 Å². The minimum atomic E-state index is 0.228. The lowest BCUT2D eigenvalue weighted by atomic mass is 9.98. The van der Waals surface area contributed by atoms with Crippen molar-refractivity contribution in [2.24, 2.45) is 5.73 Å². The third kappa shape index (κ3) is 3.50. The Morgan fingerprint density at radius 2 is 1.75 bits per heavy atom. The summed E-state index contributed by atoms with van der Waals surface area (Å²) in [6.45, 7) is 5.86. The first-order valence-corrected chi connectivity index (χ1v) is 7.13. The van der Waals surface area contributed by atoms with Crippen molar-refractivity contribution in [2.75, 3.05) is 13.6 Å². The maximum absolute atomic E-state index is 5.97. The number of likely N-dealkylation sites (N-methyl/N-ethyl adjacent to an activating group) is 1. The molecule has 1 unspecified atom stereocenters. The third-order valence-electron chi connectivity index (χ3n) is 3.76. The fraction of sp³-hybridized carbons (Fsp3) is 0.412. The van der Waals surface area contributed by atoms with E-state index in [1.165, 1.54) is 16.7 Å². The summed E-state index contributed by atoms with van der Waals surface area (Å²) in [5, 5.41) is 0. The van der Waals surface area contributed by atoms with Gasteiger partial charge in [-0.2, -0.15) is 0 Å². The predicted octanol–water partition coefficient (Wildman–Crippen LogP) is 3.53. The molecule has 0 saturated carbocycles. The van der Waals surface area contributed by atoms with Gasteiger partial charge in [-0.3, -0.25) is 4.90 Å². The van der Waals surface area contributed by atoms with Crippen molar-refractivity contribution in [2.45, 2.75) is 32.4 Å². The number of rotatable bonds is 6. The standard InChI is InChI=1S/C17H24N2O/c1-13(2)15-4-6-16(7-5-15)17(10-18)19(3)11-14-8-9-20-12-14/h4-9,12-13,17H,10-11,18H2,1-3H3. The molecule has 0 amide bonds. The summed E-state index contributed by atoms with van der Waals surface area (Å²) < 4.78 is 5.12. The summed E-state index contributed by atoms with van der Waals surface area (Å²) >= 11 is 0. The van der Waals surface area contributed by atoms with Crippen molar-refractivity contribution >= 4 is 0 Å². The van der Waals surface area contributed by atoms with Crippen LogP contribution in [-0.4, -0.2) is 18.5 Å². The van der Waals surface area contributed by atoms with Crippen LogP contribution in [-0.2, 0) is 6.54 Å². The van der Waals surface area contributed by atoms with Gasteiger partial charge in [-0.15, -0.1) is 0 Å². The number of furan rings is 1. The van der Waals surface area contributed by atoms with Crippen LogP contribution in [0.15, 0.2) is 47.3 Å². The molecule has 2 N–H and O–H groups in total. The number of nitrogens with two attached hydrogens (primary N) is 1. The minimum Gasteiger partial charge on any atom is -0.472 e. The zero-order chi connectivity index (χ0) is 14.5. The number of benzene rings is 1. The van der Waals surface area contributed by atoms with Crippen molar-refractivity contribution < 1.29 is 4.42 Å². The Morgan fingerprint density at radius 1 is 1.10 bits per heavy atom.